The number of hydrogen-bond acceptors (Lipinski definition) is 1. The molecule has 0 spiro atoms. The average molecular weight is 305 g/mol. The highest BCUT2D eigenvalue weighted by Gasteiger charge is 2.02. The largest absolute Gasteiger partial charge is 0.381 e. The van der Waals surface area contributed by atoms with Gasteiger partial charge in [-0.15, -0.1) is 0 Å². The van der Waals surface area contributed by atoms with E-state index in [4.69, 9.17) is 0 Å². The Hall–Kier alpha value is -0.580. The third-order valence-electron chi connectivity index (χ3n) is 1.75. The van der Waals surface area contributed by atoms with E-state index in [-0.39, 0.29) is 5.82 Å². The standard InChI is InChI=1S/C11H13FIN/c1-8(2)6-7-14-10-5-3-4-9(12)11(10)13/h3-6,14H,7H2,1-2H3. The Morgan fingerprint density at radius 3 is 2.86 bits per heavy atom. The van der Waals surface area contributed by atoms with Crippen LogP contribution in [0, 0.1) is 9.39 Å². The maximum atomic E-state index is 13.1. The zero-order chi connectivity index (χ0) is 10.6. The van der Waals surface area contributed by atoms with Crippen LogP contribution in [0.2, 0.25) is 0 Å². The summed E-state index contributed by atoms with van der Waals surface area (Å²) in [7, 11) is 0. The molecule has 0 amide bonds. The molecule has 0 aromatic heterocycles. The van der Waals surface area contributed by atoms with Crippen molar-refractivity contribution in [2.24, 2.45) is 0 Å². The zero-order valence-electron chi connectivity index (χ0n) is 8.27. The minimum absolute atomic E-state index is 0.173. The van der Waals surface area contributed by atoms with Gasteiger partial charge < -0.3 is 5.32 Å². The topological polar surface area (TPSA) is 12.0 Å². The van der Waals surface area contributed by atoms with Crippen LogP contribution in [-0.4, -0.2) is 6.54 Å². The van der Waals surface area contributed by atoms with Gasteiger partial charge in [0.15, 0.2) is 0 Å². The van der Waals surface area contributed by atoms with Gasteiger partial charge in [-0.25, -0.2) is 4.39 Å². The first kappa shape index (κ1) is 11.5. The number of allylic oxidation sites excluding steroid dienone is 1. The van der Waals surface area contributed by atoms with E-state index in [2.05, 4.69) is 11.4 Å². The van der Waals surface area contributed by atoms with Crippen molar-refractivity contribution in [1.29, 1.82) is 0 Å². The summed E-state index contributed by atoms with van der Waals surface area (Å²) in [5, 5.41) is 3.16. The zero-order valence-corrected chi connectivity index (χ0v) is 10.4. The SMILES string of the molecule is CC(C)=CCNc1cccc(F)c1I. The fourth-order valence-corrected chi connectivity index (χ4v) is 1.56. The van der Waals surface area contributed by atoms with Gasteiger partial charge in [0.1, 0.15) is 5.82 Å². The molecule has 76 valence electrons. The first-order chi connectivity index (χ1) is 6.61. The van der Waals surface area contributed by atoms with Crippen LogP contribution in [0.1, 0.15) is 13.8 Å². The molecule has 0 saturated carbocycles. The van der Waals surface area contributed by atoms with Gasteiger partial charge in [-0.3, -0.25) is 0 Å². The minimum atomic E-state index is -0.173. The summed E-state index contributed by atoms with van der Waals surface area (Å²) >= 11 is 2.00. The number of rotatable bonds is 3. The Kier molecular flexibility index (Phi) is 4.38. The summed E-state index contributed by atoms with van der Waals surface area (Å²) in [5.74, 6) is -0.173. The quantitative estimate of drug-likeness (QED) is 0.661. The third kappa shape index (κ3) is 3.29. The molecule has 0 aliphatic heterocycles. The molecule has 0 atom stereocenters. The van der Waals surface area contributed by atoms with E-state index in [0.29, 0.717) is 3.57 Å². The van der Waals surface area contributed by atoms with Crippen molar-refractivity contribution in [2.45, 2.75) is 13.8 Å². The van der Waals surface area contributed by atoms with Crippen molar-refractivity contribution >= 4 is 28.3 Å². The molecule has 0 unspecified atom stereocenters. The smallest absolute Gasteiger partial charge is 0.138 e. The van der Waals surface area contributed by atoms with Gasteiger partial charge in [0, 0.05) is 6.54 Å². The number of benzene rings is 1. The van der Waals surface area contributed by atoms with Gasteiger partial charge in [0.25, 0.3) is 0 Å². The predicted molar refractivity (Wildman–Crippen MR) is 67.0 cm³/mol. The van der Waals surface area contributed by atoms with Crippen molar-refractivity contribution in [3.05, 3.63) is 39.2 Å². The Bertz CT molecular complexity index is 343. The van der Waals surface area contributed by atoms with E-state index in [1.165, 1.54) is 11.6 Å². The van der Waals surface area contributed by atoms with E-state index < -0.39 is 0 Å². The highest BCUT2D eigenvalue weighted by Crippen LogP contribution is 2.20. The number of hydrogen-bond donors (Lipinski definition) is 1. The lowest BCUT2D eigenvalue weighted by atomic mass is 10.3. The van der Waals surface area contributed by atoms with Gasteiger partial charge in [-0.05, 0) is 48.6 Å². The molecule has 0 bridgehead atoms. The van der Waals surface area contributed by atoms with E-state index in [0.717, 1.165) is 12.2 Å². The maximum Gasteiger partial charge on any atom is 0.138 e. The Morgan fingerprint density at radius 2 is 2.21 bits per heavy atom. The van der Waals surface area contributed by atoms with Crippen LogP contribution in [0.3, 0.4) is 0 Å². The fourth-order valence-electron chi connectivity index (χ4n) is 1.01. The molecule has 1 aromatic rings. The van der Waals surface area contributed by atoms with Crippen molar-refractivity contribution < 1.29 is 4.39 Å². The van der Waals surface area contributed by atoms with Crippen LogP contribution in [0.4, 0.5) is 10.1 Å². The molecule has 0 radical (unpaired) electrons. The monoisotopic (exact) mass is 305 g/mol. The third-order valence-corrected chi connectivity index (χ3v) is 2.85. The van der Waals surface area contributed by atoms with E-state index in [9.17, 15) is 4.39 Å². The molecule has 1 N–H and O–H groups in total. The van der Waals surface area contributed by atoms with E-state index in [1.807, 2.05) is 42.5 Å². The van der Waals surface area contributed by atoms with E-state index >= 15 is 0 Å². The first-order valence-electron chi connectivity index (χ1n) is 4.42. The number of anilines is 1. The molecule has 0 aliphatic carbocycles. The molecular formula is C11H13FIN. The van der Waals surface area contributed by atoms with Crippen molar-refractivity contribution in [2.75, 3.05) is 11.9 Å². The summed E-state index contributed by atoms with van der Waals surface area (Å²) in [6.45, 7) is 4.82. The van der Waals surface area contributed by atoms with Gasteiger partial charge in [-0.2, -0.15) is 0 Å². The summed E-state index contributed by atoms with van der Waals surface area (Å²) in [5.41, 5.74) is 2.10. The van der Waals surface area contributed by atoms with Crippen LogP contribution in [-0.2, 0) is 0 Å². The molecule has 1 aromatic carbocycles. The molecule has 0 heterocycles. The summed E-state index contributed by atoms with van der Waals surface area (Å²) in [6.07, 6.45) is 2.07. The van der Waals surface area contributed by atoms with Gasteiger partial charge in [-0.1, -0.05) is 17.7 Å². The molecule has 0 aliphatic rings. The van der Waals surface area contributed by atoms with E-state index in [1.54, 1.807) is 6.07 Å². The lowest BCUT2D eigenvalue weighted by molar-refractivity contribution is 0.621. The molecule has 0 fully saturated rings. The first-order valence-corrected chi connectivity index (χ1v) is 5.50. The Balaban J connectivity index is 2.68. The molecule has 1 nitrogen and oxygen atoms in total. The van der Waals surface area contributed by atoms with Gasteiger partial charge in [0.2, 0.25) is 0 Å². The minimum Gasteiger partial charge on any atom is -0.381 e. The van der Waals surface area contributed by atoms with Crippen molar-refractivity contribution in [3.63, 3.8) is 0 Å². The molecular weight excluding hydrogens is 292 g/mol. The predicted octanol–water partition coefficient (Wildman–Crippen LogP) is 3.81. The lowest BCUT2D eigenvalue weighted by Crippen LogP contribution is -2.01. The molecule has 3 heteroatoms. The Morgan fingerprint density at radius 1 is 1.50 bits per heavy atom. The summed E-state index contributed by atoms with van der Waals surface area (Å²) in [6, 6.07) is 5.06. The average Bonchev–Trinajstić information content (AvgIpc) is 2.12. The number of nitrogens with one attached hydrogen (secondary N) is 1. The fraction of sp³-hybridized carbons (Fsp3) is 0.273. The number of halogens is 2. The van der Waals surface area contributed by atoms with Gasteiger partial charge in [0.05, 0.1) is 9.26 Å². The second kappa shape index (κ2) is 5.34. The molecule has 1 rings (SSSR count). The summed E-state index contributed by atoms with van der Waals surface area (Å²) < 4.78 is 13.7. The van der Waals surface area contributed by atoms with Gasteiger partial charge >= 0.3 is 0 Å². The lowest BCUT2D eigenvalue weighted by Gasteiger charge is -2.06. The van der Waals surface area contributed by atoms with Crippen LogP contribution in [0.15, 0.2) is 29.8 Å². The Labute approximate surface area is 97.5 Å². The van der Waals surface area contributed by atoms with Crippen molar-refractivity contribution in [3.8, 4) is 0 Å². The maximum absolute atomic E-state index is 13.1. The van der Waals surface area contributed by atoms with Crippen LogP contribution in [0.5, 0.6) is 0 Å². The highest BCUT2D eigenvalue weighted by atomic mass is 127. The molecule has 14 heavy (non-hydrogen) atoms. The van der Waals surface area contributed by atoms with Crippen LogP contribution < -0.4 is 5.32 Å². The second-order valence-electron chi connectivity index (χ2n) is 3.26. The van der Waals surface area contributed by atoms with Crippen molar-refractivity contribution in [1.82, 2.24) is 0 Å². The normalized spacial score (nSPS) is 9.71. The molecule has 0 saturated heterocycles. The van der Waals surface area contributed by atoms with Crippen LogP contribution in [0.25, 0.3) is 0 Å². The van der Waals surface area contributed by atoms with Crippen LogP contribution >= 0.6 is 22.6 Å². The summed E-state index contributed by atoms with van der Waals surface area (Å²) in [4.78, 5) is 0. The highest BCUT2D eigenvalue weighted by molar-refractivity contribution is 14.1. The second-order valence-corrected chi connectivity index (χ2v) is 4.34.